The van der Waals surface area contributed by atoms with Gasteiger partial charge in [0.05, 0.1) is 17.3 Å². The molecule has 1 aromatic carbocycles. The molecule has 1 aromatic rings. The zero-order valence-corrected chi connectivity index (χ0v) is 9.37. The van der Waals surface area contributed by atoms with E-state index in [-0.39, 0.29) is 23.8 Å². The lowest BCUT2D eigenvalue weighted by Gasteiger charge is -2.30. The van der Waals surface area contributed by atoms with E-state index in [1.54, 1.807) is 0 Å². The molecule has 0 unspecified atom stereocenters. The number of hydrogen-bond acceptors (Lipinski definition) is 4. The number of anilines is 1. The first-order valence-electron chi connectivity index (χ1n) is 5.25. The van der Waals surface area contributed by atoms with E-state index in [9.17, 15) is 13.2 Å². The van der Waals surface area contributed by atoms with E-state index in [1.165, 1.54) is 18.2 Å². The fourth-order valence-electron chi connectivity index (χ4n) is 1.56. The minimum Gasteiger partial charge on any atom is -0.475 e. The van der Waals surface area contributed by atoms with Crippen LogP contribution >= 0.6 is 0 Å². The summed E-state index contributed by atoms with van der Waals surface area (Å²) in [5.41, 5.74) is 10.5. The maximum atomic E-state index is 13.9. The standard InChI is InChI=1S/C11H12F3N3O/c12-5-11(14)8(16)4-18-10(17-11)6-2-1-3-7(15)9(6)13/h1-3,8H,4-5,15-16H2/t8-,11+/m1/s1. The zero-order valence-electron chi connectivity index (χ0n) is 9.37. The summed E-state index contributed by atoms with van der Waals surface area (Å²) >= 11 is 0. The highest BCUT2D eigenvalue weighted by Gasteiger charge is 2.42. The van der Waals surface area contributed by atoms with E-state index in [4.69, 9.17) is 16.2 Å². The van der Waals surface area contributed by atoms with Crippen molar-refractivity contribution in [3.05, 3.63) is 29.6 Å². The summed E-state index contributed by atoms with van der Waals surface area (Å²) in [7, 11) is 0. The highest BCUT2D eigenvalue weighted by molar-refractivity contribution is 5.96. The Balaban J connectivity index is 2.45. The maximum Gasteiger partial charge on any atom is 0.249 e. The van der Waals surface area contributed by atoms with E-state index in [0.29, 0.717) is 0 Å². The minimum absolute atomic E-state index is 0.114. The highest BCUT2D eigenvalue weighted by atomic mass is 19.2. The third-order valence-corrected chi connectivity index (χ3v) is 2.70. The molecule has 0 aromatic heterocycles. The average molecular weight is 259 g/mol. The van der Waals surface area contributed by atoms with Crippen LogP contribution in [0.2, 0.25) is 0 Å². The Labute approximate surface area is 101 Å². The fraction of sp³-hybridized carbons (Fsp3) is 0.364. The molecule has 4 nitrogen and oxygen atoms in total. The summed E-state index contributed by atoms with van der Waals surface area (Å²) < 4.78 is 45.3. The second-order valence-electron chi connectivity index (χ2n) is 4.00. The molecule has 18 heavy (non-hydrogen) atoms. The molecule has 0 saturated heterocycles. The monoisotopic (exact) mass is 259 g/mol. The number of nitrogens with zero attached hydrogens (tertiary/aromatic N) is 1. The van der Waals surface area contributed by atoms with Gasteiger partial charge in [-0.15, -0.1) is 0 Å². The average Bonchev–Trinajstić information content (AvgIpc) is 2.36. The molecule has 0 amide bonds. The molecule has 0 fully saturated rings. The summed E-state index contributed by atoms with van der Waals surface area (Å²) in [6, 6.07) is 2.89. The molecule has 0 bridgehead atoms. The number of benzene rings is 1. The number of ether oxygens (including phenoxy) is 1. The van der Waals surface area contributed by atoms with Crippen molar-refractivity contribution in [3.8, 4) is 0 Å². The summed E-state index contributed by atoms with van der Waals surface area (Å²) in [6.07, 6.45) is 0. The van der Waals surface area contributed by atoms with Gasteiger partial charge in [0.25, 0.3) is 0 Å². The molecule has 4 N–H and O–H groups in total. The van der Waals surface area contributed by atoms with Gasteiger partial charge in [0, 0.05) is 0 Å². The Morgan fingerprint density at radius 2 is 2.22 bits per heavy atom. The van der Waals surface area contributed by atoms with Crippen LogP contribution in [0.15, 0.2) is 23.2 Å². The largest absolute Gasteiger partial charge is 0.475 e. The lowest BCUT2D eigenvalue weighted by atomic mass is 10.1. The van der Waals surface area contributed by atoms with Crippen molar-refractivity contribution in [1.82, 2.24) is 0 Å². The van der Waals surface area contributed by atoms with Crippen molar-refractivity contribution in [2.24, 2.45) is 10.7 Å². The number of aliphatic imine (C=N–C) groups is 1. The quantitative estimate of drug-likeness (QED) is 0.618. The van der Waals surface area contributed by atoms with Gasteiger partial charge in [-0.2, -0.15) is 0 Å². The Bertz CT molecular complexity index is 494. The predicted octanol–water partition coefficient (Wildman–Crippen LogP) is 1.15. The SMILES string of the molecule is Nc1cccc(C2=N[C@@](F)(CF)[C@H](N)CO2)c1F. The number of rotatable bonds is 2. The fourth-order valence-corrected chi connectivity index (χ4v) is 1.56. The Kier molecular flexibility index (Phi) is 3.16. The van der Waals surface area contributed by atoms with Gasteiger partial charge in [0.1, 0.15) is 13.3 Å². The smallest absolute Gasteiger partial charge is 0.249 e. The van der Waals surface area contributed by atoms with Crippen LogP contribution in [0.4, 0.5) is 18.9 Å². The summed E-state index contributed by atoms with van der Waals surface area (Å²) in [4.78, 5) is 3.42. The van der Waals surface area contributed by atoms with Crippen LogP contribution in [0.1, 0.15) is 5.56 Å². The predicted molar refractivity (Wildman–Crippen MR) is 61.1 cm³/mol. The maximum absolute atomic E-state index is 13.9. The molecular weight excluding hydrogens is 247 g/mol. The molecule has 0 saturated carbocycles. The van der Waals surface area contributed by atoms with Crippen molar-refractivity contribution in [3.63, 3.8) is 0 Å². The van der Waals surface area contributed by atoms with Gasteiger partial charge in [-0.3, -0.25) is 0 Å². The molecule has 2 atom stereocenters. The molecule has 1 aliphatic rings. The molecular formula is C11H12F3N3O. The third-order valence-electron chi connectivity index (χ3n) is 2.70. The summed E-state index contributed by atoms with van der Waals surface area (Å²) in [6.45, 7) is -1.68. The molecule has 1 heterocycles. The van der Waals surface area contributed by atoms with E-state index >= 15 is 0 Å². The normalized spacial score (nSPS) is 27.6. The topological polar surface area (TPSA) is 73.6 Å². The number of halogens is 3. The first-order valence-corrected chi connectivity index (χ1v) is 5.25. The van der Waals surface area contributed by atoms with Crippen LogP contribution in [0.3, 0.4) is 0 Å². The highest BCUT2D eigenvalue weighted by Crippen LogP contribution is 2.26. The van der Waals surface area contributed by atoms with Gasteiger partial charge in [-0.25, -0.2) is 18.2 Å². The van der Waals surface area contributed by atoms with Gasteiger partial charge in [-0.05, 0) is 12.1 Å². The zero-order chi connectivity index (χ0) is 13.3. The second-order valence-corrected chi connectivity index (χ2v) is 4.00. The van der Waals surface area contributed by atoms with E-state index in [2.05, 4.69) is 4.99 Å². The summed E-state index contributed by atoms with van der Waals surface area (Å²) in [5, 5.41) is 0. The molecule has 1 aliphatic heterocycles. The number of hydrogen-bond donors (Lipinski definition) is 2. The molecule has 0 spiro atoms. The van der Waals surface area contributed by atoms with Crippen LogP contribution < -0.4 is 11.5 Å². The van der Waals surface area contributed by atoms with Crippen LogP contribution in [-0.2, 0) is 4.74 Å². The van der Waals surface area contributed by atoms with Gasteiger partial charge < -0.3 is 16.2 Å². The minimum atomic E-state index is -2.59. The molecule has 98 valence electrons. The van der Waals surface area contributed by atoms with E-state index < -0.39 is 24.3 Å². The Hall–Kier alpha value is -1.76. The molecule has 0 aliphatic carbocycles. The van der Waals surface area contributed by atoms with Crippen LogP contribution in [0.5, 0.6) is 0 Å². The van der Waals surface area contributed by atoms with Gasteiger partial charge in [0.2, 0.25) is 11.7 Å². The van der Waals surface area contributed by atoms with E-state index in [0.717, 1.165) is 0 Å². The molecule has 7 heteroatoms. The second kappa shape index (κ2) is 4.49. The van der Waals surface area contributed by atoms with Gasteiger partial charge in [-0.1, -0.05) is 6.07 Å². The lowest BCUT2D eigenvalue weighted by Crippen LogP contribution is -2.52. The number of alkyl halides is 2. The number of nitrogen functional groups attached to an aromatic ring is 1. The van der Waals surface area contributed by atoms with Crippen molar-refractivity contribution >= 4 is 11.6 Å². The van der Waals surface area contributed by atoms with Crippen LogP contribution in [-0.4, -0.2) is 31.0 Å². The van der Waals surface area contributed by atoms with Crippen molar-refractivity contribution in [2.75, 3.05) is 19.0 Å². The first kappa shape index (κ1) is 12.7. The van der Waals surface area contributed by atoms with Crippen molar-refractivity contribution < 1.29 is 17.9 Å². The van der Waals surface area contributed by atoms with Crippen LogP contribution in [0, 0.1) is 5.82 Å². The number of nitrogens with two attached hydrogens (primary N) is 2. The Morgan fingerprint density at radius 1 is 1.50 bits per heavy atom. The van der Waals surface area contributed by atoms with E-state index in [1.807, 2.05) is 0 Å². The lowest BCUT2D eigenvalue weighted by molar-refractivity contribution is 0.0496. The first-order chi connectivity index (χ1) is 8.48. The van der Waals surface area contributed by atoms with Gasteiger partial charge >= 0.3 is 0 Å². The summed E-state index contributed by atoms with van der Waals surface area (Å²) in [5.74, 6) is -3.71. The van der Waals surface area contributed by atoms with Gasteiger partial charge in [0.15, 0.2) is 5.82 Å². The Morgan fingerprint density at radius 3 is 2.89 bits per heavy atom. The third kappa shape index (κ3) is 2.01. The van der Waals surface area contributed by atoms with Crippen molar-refractivity contribution in [1.29, 1.82) is 0 Å². The van der Waals surface area contributed by atoms with Crippen molar-refractivity contribution in [2.45, 2.75) is 11.8 Å². The molecule has 2 rings (SSSR count). The molecule has 0 radical (unpaired) electrons. The van der Waals surface area contributed by atoms with Crippen LogP contribution in [0.25, 0.3) is 0 Å².